The molecule has 1 fully saturated rings. The summed E-state index contributed by atoms with van der Waals surface area (Å²) in [5, 5.41) is 8.28. The molecule has 0 radical (unpaired) electrons. The molecule has 1 saturated heterocycles. The average Bonchev–Trinajstić information content (AvgIpc) is 3.10. The van der Waals surface area contributed by atoms with Gasteiger partial charge in [-0.25, -0.2) is 4.68 Å². The second-order valence-corrected chi connectivity index (χ2v) is 6.73. The Morgan fingerprint density at radius 3 is 2.62 bits per heavy atom. The Balaban J connectivity index is 1.46. The number of aromatic nitrogens is 3. The lowest BCUT2D eigenvalue weighted by molar-refractivity contribution is 0.0747. The van der Waals surface area contributed by atoms with Crippen LogP contribution < -0.4 is 4.90 Å². The third-order valence-corrected chi connectivity index (χ3v) is 4.99. The number of aryl methyl sites for hydroxylation is 2. The quantitative estimate of drug-likeness (QED) is 0.730. The van der Waals surface area contributed by atoms with Crippen LogP contribution in [0.4, 0.5) is 5.69 Å². The summed E-state index contributed by atoms with van der Waals surface area (Å²) >= 11 is 0. The first-order chi connectivity index (χ1) is 12.7. The molecule has 1 aromatic heterocycles. The Kier molecular flexibility index (Phi) is 4.32. The molecule has 3 aromatic rings. The smallest absolute Gasteiger partial charge is 0.254 e. The normalized spacial score (nSPS) is 14.8. The topological polar surface area (TPSA) is 54.3 Å². The number of hydrogen-bond acceptors (Lipinski definition) is 4. The summed E-state index contributed by atoms with van der Waals surface area (Å²) in [6.07, 6.45) is 0. The molecule has 134 valence electrons. The molecule has 0 aliphatic carbocycles. The van der Waals surface area contributed by atoms with Crippen molar-refractivity contribution >= 4 is 22.6 Å². The predicted molar refractivity (Wildman–Crippen MR) is 102 cm³/mol. The summed E-state index contributed by atoms with van der Waals surface area (Å²) in [6.45, 7) is 8.06. The third-order valence-electron chi connectivity index (χ3n) is 4.99. The highest BCUT2D eigenvalue weighted by atomic mass is 16.2. The molecule has 1 amide bonds. The zero-order valence-electron chi connectivity index (χ0n) is 15.2. The van der Waals surface area contributed by atoms with Gasteiger partial charge in [-0.15, -0.1) is 5.10 Å². The van der Waals surface area contributed by atoms with E-state index in [1.54, 1.807) is 0 Å². The highest BCUT2D eigenvalue weighted by Crippen LogP contribution is 2.20. The maximum atomic E-state index is 12.9. The van der Waals surface area contributed by atoms with Crippen molar-refractivity contribution in [2.24, 2.45) is 0 Å². The van der Waals surface area contributed by atoms with E-state index in [4.69, 9.17) is 0 Å². The molecule has 1 aliphatic heterocycles. The van der Waals surface area contributed by atoms with Gasteiger partial charge in [-0.2, -0.15) is 0 Å². The van der Waals surface area contributed by atoms with Gasteiger partial charge in [-0.1, -0.05) is 17.3 Å². The number of carbonyl (C=O) groups is 1. The Labute approximate surface area is 153 Å². The van der Waals surface area contributed by atoms with Gasteiger partial charge in [0.1, 0.15) is 5.52 Å². The van der Waals surface area contributed by atoms with Crippen molar-refractivity contribution in [2.45, 2.75) is 20.4 Å². The second kappa shape index (κ2) is 6.78. The molecule has 0 N–H and O–H groups in total. The summed E-state index contributed by atoms with van der Waals surface area (Å²) < 4.78 is 1.84. The van der Waals surface area contributed by atoms with Crippen LogP contribution >= 0.6 is 0 Å². The number of fused-ring (bicyclic) bond motifs is 1. The van der Waals surface area contributed by atoms with E-state index >= 15 is 0 Å². The number of piperazine rings is 1. The maximum absolute atomic E-state index is 12.9. The van der Waals surface area contributed by atoms with E-state index in [9.17, 15) is 4.79 Å². The first-order valence-electron chi connectivity index (χ1n) is 9.10. The van der Waals surface area contributed by atoms with Crippen LogP contribution in [0.1, 0.15) is 22.8 Å². The van der Waals surface area contributed by atoms with Gasteiger partial charge < -0.3 is 9.80 Å². The van der Waals surface area contributed by atoms with Gasteiger partial charge in [0, 0.05) is 44.0 Å². The summed E-state index contributed by atoms with van der Waals surface area (Å²) in [4.78, 5) is 17.1. The van der Waals surface area contributed by atoms with Crippen LogP contribution in [-0.4, -0.2) is 52.0 Å². The van der Waals surface area contributed by atoms with Crippen LogP contribution in [0.2, 0.25) is 0 Å². The minimum absolute atomic E-state index is 0.0711. The molecule has 0 atom stereocenters. The molecule has 0 spiro atoms. The van der Waals surface area contributed by atoms with Crippen molar-refractivity contribution in [1.29, 1.82) is 0 Å². The van der Waals surface area contributed by atoms with E-state index in [-0.39, 0.29) is 5.91 Å². The monoisotopic (exact) mass is 349 g/mol. The fourth-order valence-corrected chi connectivity index (χ4v) is 3.51. The van der Waals surface area contributed by atoms with Gasteiger partial charge in [0.25, 0.3) is 5.91 Å². The minimum Gasteiger partial charge on any atom is -0.368 e. The highest BCUT2D eigenvalue weighted by molar-refractivity contribution is 5.97. The highest BCUT2D eigenvalue weighted by Gasteiger charge is 2.23. The Morgan fingerprint density at radius 2 is 1.88 bits per heavy atom. The third kappa shape index (κ3) is 3.03. The number of rotatable bonds is 3. The Morgan fingerprint density at radius 1 is 1.08 bits per heavy atom. The van der Waals surface area contributed by atoms with Crippen LogP contribution in [0.25, 0.3) is 11.0 Å². The number of carbonyl (C=O) groups excluding carboxylic acids is 1. The first kappa shape index (κ1) is 16.6. The minimum atomic E-state index is 0.0711. The molecule has 0 saturated carbocycles. The number of benzene rings is 2. The molecule has 6 heteroatoms. The molecule has 26 heavy (non-hydrogen) atoms. The lowest BCUT2D eigenvalue weighted by Crippen LogP contribution is -2.48. The Bertz CT molecular complexity index is 940. The van der Waals surface area contributed by atoms with Gasteiger partial charge >= 0.3 is 0 Å². The van der Waals surface area contributed by atoms with Crippen molar-refractivity contribution in [2.75, 3.05) is 31.1 Å². The van der Waals surface area contributed by atoms with Crippen LogP contribution in [0.15, 0.2) is 42.5 Å². The fraction of sp³-hybridized carbons (Fsp3) is 0.350. The van der Waals surface area contributed by atoms with E-state index < -0.39 is 0 Å². The van der Waals surface area contributed by atoms with Crippen molar-refractivity contribution in [3.63, 3.8) is 0 Å². The molecule has 6 nitrogen and oxygen atoms in total. The van der Waals surface area contributed by atoms with E-state index in [1.807, 2.05) is 34.7 Å². The van der Waals surface area contributed by atoms with Gasteiger partial charge in [-0.3, -0.25) is 4.79 Å². The lowest BCUT2D eigenvalue weighted by Gasteiger charge is -2.36. The van der Waals surface area contributed by atoms with E-state index in [2.05, 4.69) is 46.4 Å². The van der Waals surface area contributed by atoms with Gasteiger partial charge in [0.2, 0.25) is 0 Å². The van der Waals surface area contributed by atoms with Crippen molar-refractivity contribution in [3.05, 3.63) is 53.6 Å². The molecule has 2 heterocycles. The standard InChI is InChI=1S/C20H23N5O/c1-3-25-19-8-7-16(14-18(19)21-22-25)20(26)24-11-9-23(10-12-24)17-6-4-5-15(2)13-17/h4-8,13-14H,3,9-12H2,1-2H3. The average molecular weight is 349 g/mol. The molecule has 0 unspecified atom stereocenters. The summed E-state index contributed by atoms with van der Waals surface area (Å²) in [5.41, 5.74) is 4.92. The summed E-state index contributed by atoms with van der Waals surface area (Å²) in [6, 6.07) is 14.2. The summed E-state index contributed by atoms with van der Waals surface area (Å²) in [7, 11) is 0. The predicted octanol–water partition coefficient (Wildman–Crippen LogP) is 2.72. The van der Waals surface area contributed by atoms with Crippen LogP contribution in [-0.2, 0) is 6.54 Å². The molecule has 4 rings (SSSR count). The fourth-order valence-electron chi connectivity index (χ4n) is 3.51. The SMILES string of the molecule is CCn1nnc2cc(C(=O)N3CCN(c4cccc(C)c4)CC3)ccc21. The van der Waals surface area contributed by atoms with Gasteiger partial charge in [0.15, 0.2) is 0 Å². The number of nitrogens with zero attached hydrogens (tertiary/aromatic N) is 5. The van der Waals surface area contributed by atoms with E-state index in [0.29, 0.717) is 5.56 Å². The largest absolute Gasteiger partial charge is 0.368 e. The van der Waals surface area contributed by atoms with E-state index in [0.717, 1.165) is 43.8 Å². The van der Waals surface area contributed by atoms with Crippen molar-refractivity contribution in [3.8, 4) is 0 Å². The van der Waals surface area contributed by atoms with Crippen LogP contribution in [0.3, 0.4) is 0 Å². The van der Waals surface area contributed by atoms with Crippen LogP contribution in [0, 0.1) is 6.92 Å². The van der Waals surface area contributed by atoms with Gasteiger partial charge in [0.05, 0.1) is 5.52 Å². The lowest BCUT2D eigenvalue weighted by atomic mass is 10.1. The number of amides is 1. The Hall–Kier alpha value is -2.89. The molecule has 0 bridgehead atoms. The maximum Gasteiger partial charge on any atom is 0.254 e. The summed E-state index contributed by atoms with van der Waals surface area (Å²) in [5.74, 6) is 0.0711. The van der Waals surface area contributed by atoms with Crippen LogP contribution in [0.5, 0.6) is 0 Å². The zero-order chi connectivity index (χ0) is 18.1. The second-order valence-electron chi connectivity index (χ2n) is 6.73. The van der Waals surface area contributed by atoms with Crippen molar-refractivity contribution in [1.82, 2.24) is 19.9 Å². The molecule has 2 aromatic carbocycles. The number of hydrogen-bond donors (Lipinski definition) is 0. The molecular formula is C20H23N5O. The molecule has 1 aliphatic rings. The van der Waals surface area contributed by atoms with Crippen molar-refractivity contribution < 1.29 is 4.79 Å². The first-order valence-corrected chi connectivity index (χ1v) is 9.10. The number of anilines is 1. The van der Waals surface area contributed by atoms with Gasteiger partial charge in [-0.05, 0) is 49.7 Å². The molecular weight excluding hydrogens is 326 g/mol. The van der Waals surface area contributed by atoms with E-state index in [1.165, 1.54) is 11.3 Å². The zero-order valence-corrected chi connectivity index (χ0v) is 15.2.